The number of hydrogen-bond acceptors (Lipinski definition) is 4. The Labute approximate surface area is 91.5 Å². The standard InChI is InChI=1S/C10H8N2O2S/c11-8(13)7-10(15)14-9(12-7)6-4-2-1-3-5-6/h1-5,15H,(H2,11,13). The molecule has 0 bridgehead atoms. The summed E-state index contributed by atoms with van der Waals surface area (Å²) in [6, 6.07) is 9.22. The summed E-state index contributed by atoms with van der Waals surface area (Å²) in [5, 5.41) is 0.140. The second-order valence-corrected chi connectivity index (χ2v) is 3.31. The van der Waals surface area contributed by atoms with E-state index < -0.39 is 5.91 Å². The molecular weight excluding hydrogens is 212 g/mol. The Morgan fingerprint density at radius 2 is 2.00 bits per heavy atom. The first kappa shape index (κ1) is 9.79. The van der Waals surface area contributed by atoms with Gasteiger partial charge in [-0.3, -0.25) is 4.79 Å². The summed E-state index contributed by atoms with van der Waals surface area (Å²) in [5.74, 6) is -0.305. The number of oxazole rings is 1. The molecule has 1 amide bonds. The van der Waals surface area contributed by atoms with E-state index in [1.807, 2.05) is 30.3 Å². The minimum atomic E-state index is -0.647. The summed E-state index contributed by atoms with van der Waals surface area (Å²) in [4.78, 5) is 14.9. The Balaban J connectivity index is 2.48. The average Bonchev–Trinajstić information content (AvgIpc) is 2.62. The second kappa shape index (κ2) is 3.78. The van der Waals surface area contributed by atoms with Crippen molar-refractivity contribution in [2.45, 2.75) is 5.09 Å². The Hall–Kier alpha value is -1.75. The number of primary amides is 1. The topological polar surface area (TPSA) is 69.1 Å². The lowest BCUT2D eigenvalue weighted by molar-refractivity contribution is 0.0991. The zero-order valence-corrected chi connectivity index (χ0v) is 8.57. The Morgan fingerprint density at radius 3 is 2.53 bits per heavy atom. The molecule has 0 aliphatic heterocycles. The van der Waals surface area contributed by atoms with Crippen molar-refractivity contribution in [1.29, 1.82) is 0 Å². The van der Waals surface area contributed by atoms with Crippen LogP contribution in [-0.2, 0) is 0 Å². The number of rotatable bonds is 2. The number of benzene rings is 1. The van der Waals surface area contributed by atoms with Crippen molar-refractivity contribution < 1.29 is 9.21 Å². The van der Waals surface area contributed by atoms with Crippen LogP contribution in [0.4, 0.5) is 0 Å². The van der Waals surface area contributed by atoms with Gasteiger partial charge in [0.05, 0.1) is 0 Å². The molecule has 0 radical (unpaired) electrons. The zero-order valence-electron chi connectivity index (χ0n) is 7.68. The molecule has 0 spiro atoms. The van der Waals surface area contributed by atoms with Crippen molar-refractivity contribution in [3.05, 3.63) is 36.0 Å². The van der Waals surface area contributed by atoms with Gasteiger partial charge in [-0.05, 0) is 12.1 Å². The van der Waals surface area contributed by atoms with Gasteiger partial charge in [0.1, 0.15) is 0 Å². The Kier molecular flexibility index (Phi) is 2.47. The summed E-state index contributed by atoms with van der Waals surface area (Å²) >= 11 is 3.98. The molecule has 0 aliphatic carbocycles. The first-order chi connectivity index (χ1) is 7.18. The lowest BCUT2D eigenvalue weighted by Gasteiger charge is -1.91. The molecule has 0 atom stereocenters. The highest BCUT2D eigenvalue weighted by molar-refractivity contribution is 7.80. The van der Waals surface area contributed by atoms with E-state index >= 15 is 0 Å². The molecule has 1 aromatic heterocycles. The van der Waals surface area contributed by atoms with Crippen molar-refractivity contribution in [1.82, 2.24) is 4.98 Å². The molecule has 2 rings (SSSR count). The molecule has 0 unspecified atom stereocenters. The molecule has 0 aliphatic rings. The van der Waals surface area contributed by atoms with Crippen LogP contribution in [0.5, 0.6) is 0 Å². The third-order valence-electron chi connectivity index (χ3n) is 1.86. The molecule has 15 heavy (non-hydrogen) atoms. The SMILES string of the molecule is NC(=O)c1nc(-c2ccccc2)oc1S. The minimum Gasteiger partial charge on any atom is -0.429 e. The summed E-state index contributed by atoms with van der Waals surface area (Å²) < 4.78 is 5.21. The number of carbonyl (C=O) groups excluding carboxylic acids is 1. The van der Waals surface area contributed by atoms with E-state index in [1.165, 1.54) is 0 Å². The maximum atomic E-state index is 10.9. The third kappa shape index (κ3) is 1.87. The number of amides is 1. The van der Waals surface area contributed by atoms with Crippen LogP contribution in [-0.4, -0.2) is 10.9 Å². The third-order valence-corrected chi connectivity index (χ3v) is 2.17. The number of aromatic nitrogens is 1. The van der Waals surface area contributed by atoms with Gasteiger partial charge in [-0.1, -0.05) is 18.2 Å². The van der Waals surface area contributed by atoms with Crippen molar-refractivity contribution in [3.8, 4) is 11.5 Å². The fourth-order valence-corrected chi connectivity index (χ4v) is 1.42. The maximum absolute atomic E-state index is 10.9. The van der Waals surface area contributed by atoms with Gasteiger partial charge < -0.3 is 10.2 Å². The fourth-order valence-electron chi connectivity index (χ4n) is 1.18. The predicted molar refractivity (Wildman–Crippen MR) is 57.7 cm³/mol. The van der Waals surface area contributed by atoms with E-state index in [1.54, 1.807) is 0 Å². The monoisotopic (exact) mass is 220 g/mol. The summed E-state index contributed by atoms with van der Waals surface area (Å²) in [6.07, 6.45) is 0. The number of carbonyl (C=O) groups is 1. The zero-order chi connectivity index (χ0) is 10.8. The first-order valence-corrected chi connectivity index (χ1v) is 4.68. The van der Waals surface area contributed by atoms with Crippen LogP contribution in [0.1, 0.15) is 10.5 Å². The lowest BCUT2D eigenvalue weighted by Crippen LogP contribution is -2.11. The molecule has 1 aromatic carbocycles. The van der Waals surface area contributed by atoms with Crippen LogP contribution in [0, 0.1) is 0 Å². The van der Waals surface area contributed by atoms with Gasteiger partial charge in [0.25, 0.3) is 5.91 Å². The maximum Gasteiger partial charge on any atom is 0.271 e. The van der Waals surface area contributed by atoms with Crippen molar-refractivity contribution in [3.63, 3.8) is 0 Å². The van der Waals surface area contributed by atoms with Crippen LogP contribution in [0.2, 0.25) is 0 Å². The summed E-state index contributed by atoms with van der Waals surface area (Å²) in [7, 11) is 0. The fraction of sp³-hybridized carbons (Fsp3) is 0. The summed E-state index contributed by atoms with van der Waals surface area (Å²) in [5.41, 5.74) is 5.93. The van der Waals surface area contributed by atoms with Gasteiger partial charge in [0.2, 0.25) is 5.89 Å². The van der Waals surface area contributed by atoms with E-state index in [9.17, 15) is 4.79 Å². The predicted octanol–water partition coefficient (Wildman–Crippen LogP) is 1.73. The summed E-state index contributed by atoms with van der Waals surface area (Å²) in [6.45, 7) is 0. The molecule has 2 aromatic rings. The molecule has 0 saturated heterocycles. The average molecular weight is 220 g/mol. The van der Waals surface area contributed by atoms with E-state index in [-0.39, 0.29) is 10.8 Å². The quantitative estimate of drug-likeness (QED) is 0.757. The largest absolute Gasteiger partial charge is 0.429 e. The minimum absolute atomic E-state index is 0.0530. The Bertz CT molecular complexity index is 493. The molecule has 5 heteroatoms. The number of nitrogens with two attached hydrogens (primary N) is 1. The highest BCUT2D eigenvalue weighted by atomic mass is 32.1. The van der Waals surface area contributed by atoms with Crippen LogP contribution in [0.25, 0.3) is 11.5 Å². The molecule has 4 nitrogen and oxygen atoms in total. The van der Waals surface area contributed by atoms with Crippen molar-refractivity contribution in [2.75, 3.05) is 0 Å². The van der Waals surface area contributed by atoms with E-state index in [2.05, 4.69) is 17.6 Å². The van der Waals surface area contributed by atoms with Crippen molar-refractivity contribution >= 4 is 18.5 Å². The highest BCUT2D eigenvalue weighted by Gasteiger charge is 2.15. The molecule has 76 valence electrons. The molecule has 1 heterocycles. The van der Waals surface area contributed by atoms with Gasteiger partial charge in [0.15, 0.2) is 10.8 Å². The van der Waals surface area contributed by atoms with E-state index in [0.717, 1.165) is 5.56 Å². The van der Waals surface area contributed by atoms with Gasteiger partial charge >= 0.3 is 0 Å². The van der Waals surface area contributed by atoms with E-state index in [0.29, 0.717) is 5.89 Å². The molecular formula is C10H8N2O2S. The number of hydrogen-bond donors (Lipinski definition) is 2. The van der Waals surface area contributed by atoms with Crippen LogP contribution in [0.15, 0.2) is 39.8 Å². The number of thiol groups is 1. The first-order valence-electron chi connectivity index (χ1n) is 4.23. The molecule has 0 fully saturated rings. The number of nitrogens with zero attached hydrogens (tertiary/aromatic N) is 1. The lowest BCUT2D eigenvalue weighted by atomic mass is 10.2. The highest BCUT2D eigenvalue weighted by Crippen LogP contribution is 2.23. The van der Waals surface area contributed by atoms with Gasteiger partial charge in [-0.25, -0.2) is 4.98 Å². The normalized spacial score (nSPS) is 10.2. The van der Waals surface area contributed by atoms with Gasteiger partial charge in [0, 0.05) is 5.56 Å². The smallest absolute Gasteiger partial charge is 0.271 e. The second-order valence-electron chi connectivity index (χ2n) is 2.90. The van der Waals surface area contributed by atoms with Crippen molar-refractivity contribution in [2.24, 2.45) is 5.73 Å². The van der Waals surface area contributed by atoms with Crippen LogP contribution >= 0.6 is 12.6 Å². The van der Waals surface area contributed by atoms with Crippen LogP contribution in [0.3, 0.4) is 0 Å². The van der Waals surface area contributed by atoms with Gasteiger partial charge in [-0.15, -0.1) is 12.6 Å². The van der Waals surface area contributed by atoms with E-state index in [4.69, 9.17) is 10.2 Å². The van der Waals surface area contributed by atoms with Gasteiger partial charge in [-0.2, -0.15) is 0 Å². The van der Waals surface area contributed by atoms with Crippen LogP contribution < -0.4 is 5.73 Å². The molecule has 2 N–H and O–H groups in total. The Morgan fingerprint density at radius 1 is 1.33 bits per heavy atom. The molecule has 0 saturated carbocycles.